The Bertz CT molecular complexity index is 672. The van der Waals surface area contributed by atoms with Gasteiger partial charge in [-0.25, -0.2) is 13.2 Å². The fourth-order valence-electron chi connectivity index (χ4n) is 1.63. The minimum absolute atomic E-state index is 0.0936. The fraction of sp³-hybridized carbons (Fsp3) is 0.0714. The number of benzene rings is 2. The van der Waals surface area contributed by atoms with Crippen molar-refractivity contribution < 1.29 is 13.2 Å². The lowest BCUT2D eigenvalue weighted by Gasteiger charge is -2.08. The molecule has 2 aromatic carbocycles. The van der Waals surface area contributed by atoms with E-state index in [9.17, 15) is 13.2 Å². The van der Waals surface area contributed by atoms with Crippen molar-refractivity contribution in [2.24, 2.45) is 0 Å². The average Bonchev–Trinajstić information content (AvgIpc) is 2.42. The average molecular weight is 297 g/mol. The molecule has 20 heavy (non-hydrogen) atoms. The summed E-state index contributed by atoms with van der Waals surface area (Å²) in [7, 11) is 0. The van der Waals surface area contributed by atoms with Crippen LogP contribution >= 0.6 is 11.6 Å². The van der Waals surface area contributed by atoms with E-state index >= 15 is 0 Å². The van der Waals surface area contributed by atoms with E-state index in [0.29, 0.717) is 11.3 Å². The Kier molecular flexibility index (Phi) is 4.16. The summed E-state index contributed by atoms with van der Waals surface area (Å²) in [6, 6.07) is 8.40. The van der Waals surface area contributed by atoms with Gasteiger partial charge in [0.2, 0.25) is 0 Å². The SMILES string of the molecule is N#Cc1ccc(NCc2cc(F)c(F)c(F)c2)cc1Cl. The molecule has 0 fully saturated rings. The molecule has 0 radical (unpaired) electrons. The summed E-state index contributed by atoms with van der Waals surface area (Å²) in [6.45, 7) is 0.0936. The Morgan fingerprint density at radius 2 is 1.75 bits per heavy atom. The predicted molar refractivity (Wildman–Crippen MR) is 69.8 cm³/mol. The zero-order chi connectivity index (χ0) is 14.7. The van der Waals surface area contributed by atoms with Crippen LogP contribution in [0.4, 0.5) is 18.9 Å². The standard InChI is InChI=1S/C14H8ClF3N2/c15-11-5-10(2-1-9(11)6-19)20-7-8-3-12(16)14(18)13(17)4-8/h1-5,20H,7H2. The third-order valence-corrected chi connectivity index (χ3v) is 2.94. The van der Waals surface area contributed by atoms with E-state index in [4.69, 9.17) is 16.9 Å². The molecule has 6 heteroatoms. The molecule has 0 atom stereocenters. The van der Waals surface area contributed by atoms with Crippen molar-refractivity contribution in [3.8, 4) is 6.07 Å². The van der Waals surface area contributed by atoms with Gasteiger partial charge in [0.05, 0.1) is 10.6 Å². The fourth-order valence-corrected chi connectivity index (χ4v) is 1.85. The van der Waals surface area contributed by atoms with Crippen molar-refractivity contribution in [2.75, 3.05) is 5.32 Å². The molecule has 0 aliphatic carbocycles. The van der Waals surface area contributed by atoms with Gasteiger partial charge in [-0.1, -0.05) is 11.6 Å². The van der Waals surface area contributed by atoms with E-state index in [2.05, 4.69) is 5.32 Å². The summed E-state index contributed by atoms with van der Waals surface area (Å²) in [5.74, 6) is -3.96. The summed E-state index contributed by atoms with van der Waals surface area (Å²) < 4.78 is 38.8. The second-order valence-corrected chi connectivity index (χ2v) is 4.44. The second kappa shape index (κ2) is 5.85. The maximum atomic E-state index is 13.0. The van der Waals surface area contributed by atoms with Gasteiger partial charge < -0.3 is 5.32 Å². The van der Waals surface area contributed by atoms with E-state index in [1.807, 2.05) is 6.07 Å². The molecule has 0 saturated heterocycles. The van der Waals surface area contributed by atoms with E-state index in [0.717, 1.165) is 12.1 Å². The lowest BCUT2D eigenvalue weighted by Crippen LogP contribution is -2.02. The van der Waals surface area contributed by atoms with Gasteiger partial charge in [-0.3, -0.25) is 0 Å². The third-order valence-electron chi connectivity index (χ3n) is 2.63. The molecule has 2 rings (SSSR count). The molecule has 102 valence electrons. The van der Waals surface area contributed by atoms with Crippen LogP contribution in [0, 0.1) is 28.8 Å². The maximum Gasteiger partial charge on any atom is 0.194 e. The van der Waals surface area contributed by atoms with Crippen molar-refractivity contribution in [2.45, 2.75) is 6.54 Å². The van der Waals surface area contributed by atoms with Gasteiger partial charge >= 0.3 is 0 Å². The molecule has 2 aromatic rings. The molecule has 0 saturated carbocycles. The number of halogens is 4. The summed E-state index contributed by atoms with van der Waals surface area (Å²) >= 11 is 5.85. The van der Waals surface area contributed by atoms with Gasteiger partial charge in [0, 0.05) is 12.2 Å². The third kappa shape index (κ3) is 3.03. The zero-order valence-electron chi connectivity index (χ0n) is 10.1. The van der Waals surface area contributed by atoms with Crippen LogP contribution in [0.2, 0.25) is 5.02 Å². The Morgan fingerprint density at radius 3 is 2.30 bits per heavy atom. The molecule has 0 aliphatic heterocycles. The Morgan fingerprint density at radius 1 is 1.10 bits per heavy atom. The van der Waals surface area contributed by atoms with Crippen molar-refractivity contribution in [3.63, 3.8) is 0 Å². The first kappa shape index (κ1) is 14.2. The first-order valence-electron chi connectivity index (χ1n) is 5.58. The van der Waals surface area contributed by atoms with Gasteiger partial charge in [-0.2, -0.15) is 5.26 Å². The molecular formula is C14H8ClF3N2. The van der Waals surface area contributed by atoms with Gasteiger partial charge in [-0.15, -0.1) is 0 Å². The molecule has 0 spiro atoms. The molecule has 0 unspecified atom stereocenters. The van der Waals surface area contributed by atoms with Crippen LogP contribution in [-0.2, 0) is 6.54 Å². The second-order valence-electron chi connectivity index (χ2n) is 4.03. The molecule has 0 aromatic heterocycles. The quantitative estimate of drug-likeness (QED) is 0.860. The monoisotopic (exact) mass is 296 g/mol. The van der Waals surface area contributed by atoms with Crippen molar-refractivity contribution in [3.05, 3.63) is 63.9 Å². The molecule has 0 aliphatic rings. The lowest BCUT2D eigenvalue weighted by atomic mass is 10.2. The first-order chi connectivity index (χ1) is 9.51. The zero-order valence-corrected chi connectivity index (χ0v) is 10.8. The highest BCUT2D eigenvalue weighted by Gasteiger charge is 2.10. The molecule has 0 bridgehead atoms. The molecule has 0 amide bonds. The largest absolute Gasteiger partial charge is 0.381 e. The summed E-state index contributed by atoms with van der Waals surface area (Å²) in [4.78, 5) is 0. The number of nitrogens with one attached hydrogen (secondary N) is 1. The van der Waals surface area contributed by atoms with Crippen molar-refractivity contribution in [1.29, 1.82) is 5.26 Å². The molecule has 2 nitrogen and oxygen atoms in total. The number of nitrogens with zero attached hydrogens (tertiary/aromatic N) is 1. The van der Waals surface area contributed by atoms with Crippen LogP contribution in [0.3, 0.4) is 0 Å². The highest BCUT2D eigenvalue weighted by Crippen LogP contribution is 2.21. The van der Waals surface area contributed by atoms with Crippen LogP contribution in [0.15, 0.2) is 30.3 Å². The van der Waals surface area contributed by atoms with E-state index in [1.54, 1.807) is 6.07 Å². The highest BCUT2D eigenvalue weighted by molar-refractivity contribution is 6.32. The number of hydrogen-bond donors (Lipinski definition) is 1. The van der Waals surface area contributed by atoms with E-state index in [1.165, 1.54) is 12.1 Å². The predicted octanol–water partition coefficient (Wildman–Crippen LogP) is 4.24. The molecular weight excluding hydrogens is 289 g/mol. The first-order valence-corrected chi connectivity index (χ1v) is 5.96. The summed E-state index contributed by atoms with van der Waals surface area (Å²) in [5.41, 5.74) is 1.16. The number of anilines is 1. The lowest BCUT2D eigenvalue weighted by molar-refractivity contribution is 0.445. The minimum Gasteiger partial charge on any atom is -0.381 e. The van der Waals surface area contributed by atoms with Crippen LogP contribution in [0.5, 0.6) is 0 Å². The minimum atomic E-state index is -1.49. The van der Waals surface area contributed by atoms with Crippen LogP contribution in [-0.4, -0.2) is 0 Å². The summed E-state index contributed by atoms with van der Waals surface area (Å²) in [6.07, 6.45) is 0. The number of hydrogen-bond acceptors (Lipinski definition) is 2. The normalized spacial score (nSPS) is 10.2. The Balaban J connectivity index is 2.13. The Hall–Kier alpha value is -2.19. The number of nitriles is 1. The van der Waals surface area contributed by atoms with E-state index in [-0.39, 0.29) is 17.1 Å². The van der Waals surface area contributed by atoms with Crippen molar-refractivity contribution in [1.82, 2.24) is 0 Å². The molecule has 0 heterocycles. The maximum absolute atomic E-state index is 13.0. The van der Waals surface area contributed by atoms with Crippen molar-refractivity contribution >= 4 is 17.3 Å². The van der Waals surface area contributed by atoms with Gasteiger partial charge in [0.25, 0.3) is 0 Å². The van der Waals surface area contributed by atoms with Gasteiger partial charge in [-0.05, 0) is 35.9 Å². The van der Waals surface area contributed by atoms with Gasteiger partial charge in [0.1, 0.15) is 6.07 Å². The van der Waals surface area contributed by atoms with Crippen LogP contribution in [0.25, 0.3) is 0 Å². The van der Waals surface area contributed by atoms with Gasteiger partial charge in [0.15, 0.2) is 17.5 Å². The topological polar surface area (TPSA) is 35.8 Å². The van der Waals surface area contributed by atoms with Crippen LogP contribution in [0.1, 0.15) is 11.1 Å². The smallest absolute Gasteiger partial charge is 0.194 e. The summed E-state index contributed by atoms with van der Waals surface area (Å²) in [5, 5.41) is 11.9. The van der Waals surface area contributed by atoms with E-state index < -0.39 is 17.5 Å². The highest BCUT2D eigenvalue weighted by atomic mass is 35.5. The number of rotatable bonds is 3. The molecule has 1 N–H and O–H groups in total. The Labute approximate surface area is 118 Å². The van der Waals surface area contributed by atoms with Crippen LogP contribution < -0.4 is 5.32 Å².